The predicted octanol–water partition coefficient (Wildman–Crippen LogP) is 19.5. The van der Waals surface area contributed by atoms with Crippen LogP contribution in [-0.2, 0) is 23.2 Å². The van der Waals surface area contributed by atoms with Crippen molar-refractivity contribution in [2.75, 3.05) is 9.80 Å². The third-order valence-corrected chi connectivity index (χ3v) is 17.5. The molecule has 13 aromatic rings. The summed E-state index contributed by atoms with van der Waals surface area (Å²) >= 11 is 0. The van der Waals surface area contributed by atoms with E-state index in [0.717, 1.165) is 57.6 Å². The molecule has 0 fully saturated rings. The van der Waals surface area contributed by atoms with E-state index in [4.69, 9.17) is 4.98 Å². The highest BCUT2D eigenvalue weighted by Crippen LogP contribution is 2.60. The molecule has 6 nitrogen and oxygen atoms in total. The number of fused-ring (bicyclic) bond motifs is 10. The average molecular weight is 1110 g/mol. The highest BCUT2D eigenvalue weighted by Gasteiger charge is 2.47. The molecule has 84 heavy (non-hydrogen) atoms. The lowest BCUT2D eigenvalue weighted by atomic mass is 9.67. The van der Waals surface area contributed by atoms with Gasteiger partial charge < -0.3 is 9.47 Å². The zero-order valence-electron chi connectivity index (χ0n) is 45.0. The van der Waals surface area contributed by atoms with Gasteiger partial charge in [0.25, 0.3) is 0 Å². The molecule has 0 amide bonds. The summed E-state index contributed by atoms with van der Waals surface area (Å²) in [6, 6.07) is 76.5. The van der Waals surface area contributed by atoms with E-state index in [0.29, 0.717) is 55.3 Å². The normalized spacial score (nSPS) is 14.3. The highest BCUT2D eigenvalue weighted by molar-refractivity contribution is 6.13. The minimum absolute atomic E-state index is 0.0211. The van der Waals surface area contributed by atoms with Crippen LogP contribution in [0.25, 0.3) is 55.1 Å². The molecule has 0 saturated heterocycles. The second-order valence-corrected chi connectivity index (χ2v) is 21.8. The van der Waals surface area contributed by atoms with Crippen LogP contribution in [0.1, 0.15) is 63.9 Å². The second kappa shape index (κ2) is 18.3. The van der Waals surface area contributed by atoms with Crippen molar-refractivity contribution in [1.82, 2.24) is 14.1 Å². The van der Waals surface area contributed by atoms with Crippen LogP contribution in [0.15, 0.2) is 243 Å². The van der Waals surface area contributed by atoms with Gasteiger partial charge in [-0.2, -0.15) is 31.6 Å². The molecule has 0 spiro atoms. The Balaban J connectivity index is 1.19. The number of hydrogen-bond donors (Lipinski definition) is 0. The number of anilines is 6. The number of para-hydroxylation sites is 6. The maximum absolute atomic E-state index is 15.3. The first kappa shape index (κ1) is 50.6. The molecule has 2 aliphatic heterocycles. The zero-order valence-corrected chi connectivity index (χ0v) is 45.0. The number of rotatable bonds is 6. The second-order valence-electron chi connectivity index (χ2n) is 21.8. The van der Waals surface area contributed by atoms with E-state index in [-0.39, 0.29) is 39.6 Å². The van der Waals surface area contributed by atoms with E-state index in [1.807, 2.05) is 180 Å². The lowest BCUT2D eigenvalue weighted by Crippen LogP contribution is -2.36. The molecule has 0 saturated carbocycles. The van der Waals surface area contributed by atoms with Crippen LogP contribution in [0.3, 0.4) is 0 Å². The minimum Gasteiger partial charge on any atom is -0.305 e. The highest BCUT2D eigenvalue weighted by atomic mass is 19.4. The molecule has 0 unspecified atom stereocenters. The Bertz CT molecular complexity index is 4800. The van der Waals surface area contributed by atoms with Crippen molar-refractivity contribution in [3.63, 3.8) is 0 Å². The number of aromatic nitrogens is 3. The third kappa shape index (κ3) is 7.14. The molecule has 0 radical (unpaired) electrons. The Labute approximate surface area is 478 Å². The summed E-state index contributed by atoms with van der Waals surface area (Å²) in [5.74, 6) is 0.220. The lowest BCUT2D eigenvalue weighted by Gasteiger charge is -2.45. The SMILES string of the molecule is CC1(c2ccccc2)c2ccccc2N(c2nc(-n3c4ccccc4c4ccc(C(F)(F)F)cc43)c(N3c4ccccc4C(C)(c4ccccc4)c4ccccc43)c(C#N)c2-n2c3ccccc3c3ccc(C(F)(F)F)cc32)c2ccccc21. The van der Waals surface area contributed by atoms with Crippen LogP contribution in [0, 0.1) is 11.3 Å². The number of benzene rings is 10. The number of nitriles is 1. The number of hydrogen-bond acceptors (Lipinski definition) is 4. The van der Waals surface area contributed by atoms with Crippen LogP contribution in [0.4, 0.5) is 60.6 Å². The summed E-state index contributed by atoms with van der Waals surface area (Å²) in [6.45, 7) is 4.32. The summed E-state index contributed by atoms with van der Waals surface area (Å²) in [5.41, 5.74) is 6.19. The van der Waals surface area contributed by atoms with Crippen molar-refractivity contribution in [1.29, 1.82) is 5.26 Å². The minimum atomic E-state index is -4.77. The number of halogens is 6. The fourth-order valence-electron chi connectivity index (χ4n) is 13.7. The first-order valence-corrected chi connectivity index (χ1v) is 27.5. The maximum Gasteiger partial charge on any atom is 0.416 e. The van der Waals surface area contributed by atoms with Crippen LogP contribution in [-0.4, -0.2) is 14.1 Å². The Morgan fingerprint density at radius 2 is 0.726 bits per heavy atom. The van der Waals surface area contributed by atoms with Crippen LogP contribution in [0.2, 0.25) is 0 Å². The summed E-state index contributed by atoms with van der Waals surface area (Å²) in [5, 5.41) is 15.0. The average Bonchev–Trinajstić information content (AvgIpc) is 1.87. The number of alkyl halides is 6. The molecule has 10 aromatic carbocycles. The van der Waals surface area contributed by atoms with Gasteiger partial charge in [-0.25, -0.2) is 4.98 Å². The third-order valence-electron chi connectivity index (χ3n) is 17.5. The molecule has 15 rings (SSSR count). The predicted molar refractivity (Wildman–Crippen MR) is 321 cm³/mol. The molecule has 0 bridgehead atoms. The smallest absolute Gasteiger partial charge is 0.305 e. The Hall–Kier alpha value is -10.4. The van der Waals surface area contributed by atoms with E-state index < -0.39 is 34.3 Å². The van der Waals surface area contributed by atoms with Crippen LogP contribution in [0.5, 0.6) is 0 Å². The van der Waals surface area contributed by atoms with Gasteiger partial charge in [-0.1, -0.05) is 182 Å². The number of nitrogens with zero attached hydrogens (tertiary/aromatic N) is 6. The van der Waals surface area contributed by atoms with Gasteiger partial charge in [-0.15, -0.1) is 0 Å². The van der Waals surface area contributed by atoms with Gasteiger partial charge in [0.15, 0.2) is 11.6 Å². The molecule has 0 aliphatic carbocycles. The fraction of sp³-hybridized carbons (Fsp3) is 0.0833. The summed E-state index contributed by atoms with van der Waals surface area (Å²) < 4.78 is 95.5. The Kier molecular flexibility index (Phi) is 11.0. The van der Waals surface area contributed by atoms with Crippen molar-refractivity contribution < 1.29 is 26.3 Å². The topological polar surface area (TPSA) is 53.0 Å². The van der Waals surface area contributed by atoms with Crippen molar-refractivity contribution in [3.05, 3.63) is 293 Å². The van der Waals surface area contributed by atoms with Gasteiger partial charge in [0, 0.05) is 32.4 Å². The zero-order chi connectivity index (χ0) is 57.4. The summed E-state index contributed by atoms with van der Waals surface area (Å²) in [7, 11) is 0. The van der Waals surface area contributed by atoms with Crippen molar-refractivity contribution in [2.24, 2.45) is 0 Å². The van der Waals surface area contributed by atoms with Crippen molar-refractivity contribution in [2.45, 2.75) is 37.0 Å². The van der Waals surface area contributed by atoms with Gasteiger partial charge >= 0.3 is 12.4 Å². The molecule has 12 heteroatoms. The molecule has 0 atom stereocenters. The van der Waals surface area contributed by atoms with E-state index in [9.17, 15) is 5.26 Å². The van der Waals surface area contributed by atoms with E-state index in [1.165, 1.54) is 12.1 Å². The van der Waals surface area contributed by atoms with E-state index in [1.54, 1.807) is 9.13 Å². The van der Waals surface area contributed by atoms with Gasteiger partial charge in [0.2, 0.25) is 0 Å². The van der Waals surface area contributed by atoms with Gasteiger partial charge in [0.1, 0.15) is 23.0 Å². The Morgan fingerprint density at radius 3 is 1.15 bits per heavy atom. The lowest BCUT2D eigenvalue weighted by molar-refractivity contribution is -0.138. The van der Waals surface area contributed by atoms with Crippen molar-refractivity contribution in [3.8, 4) is 17.6 Å². The largest absolute Gasteiger partial charge is 0.416 e. The van der Waals surface area contributed by atoms with Crippen LogP contribution >= 0.6 is 0 Å². The Morgan fingerprint density at radius 1 is 0.369 bits per heavy atom. The van der Waals surface area contributed by atoms with Gasteiger partial charge in [-0.3, -0.25) is 9.47 Å². The summed E-state index contributed by atoms with van der Waals surface area (Å²) in [4.78, 5) is 9.95. The quantitative estimate of drug-likeness (QED) is 0.156. The monoisotopic (exact) mass is 1110 g/mol. The standard InChI is InChI=1S/C72H46F6N6/c1-69(44-21-5-3-6-22-44)53-27-11-17-33-59(53)82(60-34-18-12-28-54(60)69)66-52(43-79)65(81-57-31-15-9-25-48(57)50-39-37-46(41-63(50)81)71(73,74)75)68(80-67(66)83-58-32-16-10-26-49(58)51-40-38-47(42-64(51)83)72(76,77)78)84-61-35-19-13-29-55(61)70(2,45-23-7-4-8-24-45)56-30-14-20-36-62(56)84/h3-42H,1-2H3. The molecule has 0 N–H and O–H groups in total. The molecule has 2 aliphatic rings. The van der Waals surface area contributed by atoms with Crippen LogP contribution < -0.4 is 9.80 Å². The number of pyridine rings is 1. The molecule has 5 heterocycles. The molecule has 3 aromatic heterocycles. The molecule has 406 valence electrons. The van der Waals surface area contributed by atoms with E-state index in [2.05, 4.69) is 56.3 Å². The van der Waals surface area contributed by atoms with Crippen molar-refractivity contribution >= 4 is 77.9 Å². The first-order valence-electron chi connectivity index (χ1n) is 27.5. The maximum atomic E-state index is 15.3. The van der Waals surface area contributed by atoms with E-state index >= 15 is 26.3 Å². The molecular formula is C72H46F6N6. The van der Waals surface area contributed by atoms with Gasteiger partial charge in [0.05, 0.1) is 55.9 Å². The summed E-state index contributed by atoms with van der Waals surface area (Å²) in [6.07, 6.45) is -9.53. The first-order chi connectivity index (χ1) is 40.7. The molecular weight excluding hydrogens is 1060 g/mol. The van der Waals surface area contributed by atoms with Gasteiger partial charge in [-0.05, 0) is 108 Å². The fourth-order valence-corrected chi connectivity index (χ4v) is 13.7.